The van der Waals surface area contributed by atoms with Crippen molar-refractivity contribution in [2.75, 3.05) is 0 Å². The summed E-state index contributed by atoms with van der Waals surface area (Å²) in [5.74, 6) is -2.21. The number of aliphatic carboxylic acids is 1. The molecule has 2 unspecified atom stereocenters. The normalized spacial score (nSPS) is 17.0. The summed E-state index contributed by atoms with van der Waals surface area (Å²) in [7, 11) is 0. The molecule has 6 nitrogen and oxygen atoms in total. The standard InChI is InChI=1S/C17H32N2O4/c1-10(2)8-14(21)19-16(7,11(3)4)13(20)9-17(18,12(5)6)15(22)23/h10-12H,8-9,18H2,1-7H3,(H,19,21)(H,22,23). The van der Waals surface area contributed by atoms with Gasteiger partial charge in [-0.25, -0.2) is 0 Å². The number of amides is 1. The number of Topliss-reactive ketones (excluding diaryl/α,β-unsaturated/α-hetero) is 1. The summed E-state index contributed by atoms with van der Waals surface area (Å²) in [5, 5.41) is 12.2. The Hall–Kier alpha value is -1.43. The van der Waals surface area contributed by atoms with Crippen molar-refractivity contribution in [2.24, 2.45) is 23.5 Å². The third-order valence-corrected chi connectivity index (χ3v) is 4.61. The van der Waals surface area contributed by atoms with Crippen LogP contribution in [0.15, 0.2) is 0 Å². The zero-order valence-corrected chi connectivity index (χ0v) is 15.4. The van der Waals surface area contributed by atoms with Gasteiger partial charge in [0.05, 0.1) is 5.54 Å². The molecule has 0 aliphatic heterocycles. The number of carbonyl (C=O) groups is 3. The maximum Gasteiger partial charge on any atom is 0.324 e. The van der Waals surface area contributed by atoms with Crippen LogP contribution in [0.4, 0.5) is 0 Å². The Morgan fingerprint density at radius 1 is 1.04 bits per heavy atom. The lowest BCUT2D eigenvalue weighted by Gasteiger charge is -2.37. The van der Waals surface area contributed by atoms with E-state index in [1.807, 2.05) is 27.7 Å². The Morgan fingerprint density at radius 3 is 1.83 bits per heavy atom. The van der Waals surface area contributed by atoms with E-state index in [1.54, 1.807) is 20.8 Å². The smallest absolute Gasteiger partial charge is 0.324 e. The van der Waals surface area contributed by atoms with Crippen LogP contribution in [0.2, 0.25) is 0 Å². The first kappa shape index (κ1) is 21.6. The molecule has 0 saturated carbocycles. The molecular weight excluding hydrogens is 296 g/mol. The van der Waals surface area contributed by atoms with E-state index in [2.05, 4.69) is 5.32 Å². The van der Waals surface area contributed by atoms with Crippen LogP contribution in [-0.2, 0) is 14.4 Å². The zero-order chi connectivity index (χ0) is 18.6. The van der Waals surface area contributed by atoms with Gasteiger partial charge in [0.2, 0.25) is 5.91 Å². The fraction of sp³-hybridized carbons (Fsp3) is 0.824. The Kier molecular flexibility index (Phi) is 7.41. The van der Waals surface area contributed by atoms with Crippen LogP contribution in [-0.4, -0.2) is 33.8 Å². The number of carboxylic acid groups (broad SMARTS) is 1. The number of nitrogens with one attached hydrogen (secondary N) is 1. The first-order valence-corrected chi connectivity index (χ1v) is 8.14. The van der Waals surface area contributed by atoms with E-state index in [4.69, 9.17) is 5.73 Å². The van der Waals surface area contributed by atoms with Gasteiger partial charge in [-0.1, -0.05) is 41.5 Å². The van der Waals surface area contributed by atoms with E-state index in [9.17, 15) is 19.5 Å². The minimum absolute atomic E-state index is 0.171. The van der Waals surface area contributed by atoms with Crippen molar-refractivity contribution in [3.8, 4) is 0 Å². The highest BCUT2D eigenvalue weighted by molar-refractivity contribution is 5.97. The third kappa shape index (κ3) is 5.30. The van der Waals surface area contributed by atoms with E-state index >= 15 is 0 Å². The summed E-state index contributed by atoms with van der Waals surface area (Å²) in [4.78, 5) is 36.4. The second kappa shape index (κ2) is 7.90. The molecule has 23 heavy (non-hydrogen) atoms. The van der Waals surface area contributed by atoms with Gasteiger partial charge in [-0.2, -0.15) is 0 Å². The molecule has 0 heterocycles. The molecule has 0 rings (SSSR count). The van der Waals surface area contributed by atoms with E-state index < -0.39 is 23.0 Å². The highest BCUT2D eigenvalue weighted by atomic mass is 16.4. The lowest BCUT2D eigenvalue weighted by atomic mass is 9.75. The summed E-state index contributed by atoms with van der Waals surface area (Å²) in [6.07, 6.45) is -0.0108. The minimum atomic E-state index is -1.64. The molecule has 1 amide bonds. The summed E-state index contributed by atoms with van der Waals surface area (Å²) in [6, 6.07) is 0. The average molecular weight is 328 g/mol. The SMILES string of the molecule is CC(C)CC(=O)NC(C)(C(=O)CC(N)(C(=O)O)C(C)C)C(C)C. The zero-order valence-electron chi connectivity index (χ0n) is 15.4. The number of carboxylic acids is 1. The molecule has 0 aromatic heterocycles. The predicted molar refractivity (Wildman–Crippen MR) is 89.9 cm³/mol. The molecule has 4 N–H and O–H groups in total. The molecular formula is C17H32N2O4. The number of carbonyl (C=O) groups excluding carboxylic acids is 2. The first-order valence-electron chi connectivity index (χ1n) is 8.14. The van der Waals surface area contributed by atoms with E-state index in [1.165, 1.54) is 0 Å². The topological polar surface area (TPSA) is 109 Å². The molecule has 0 aromatic carbocycles. The summed E-state index contributed by atoms with van der Waals surface area (Å²) < 4.78 is 0. The van der Waals surface area contributed by atoms with Gasteiger partial charge in [0, 0.05) is 12.8 Å². The molecule has 2 atom stereocenters. The van der Waals surface area contributed by atoms with Gasteiger partial charge in [-0.3, -0.25) is 14.4 Å². The van der Waals surface area contributed by atoms with Gasteiger partial charge in [0.25, 0.3) is 0 Å². The van der Waals surface area contributed by atoms with Crippen molar-refractivity contribution in [3.05, 3.63) is 0 Å². The van der Waals surface area contributed by atoms with Gasteiger partial charge in [0.15, 0.2) is 5.78 Å². The van der Waals surface area contributed by atoms with Crippen molar-refractivity contribution >= 4 is 17.7 Å². The lowest BCUT2D eigenvalue weighted by molar-refractivity contribution is -0.148. The molecule has 0 saturated heterocycles. The van der Waals surface area contributed by atoms with Crippen LogP contribution in [0, 0.1) is 17.8 Å². The molecule has 6 heteroatoms. The second-order valence-corrected chi connectivity index (χ2v) is 7.60. The quantitative estimate of drug-likeness (QED) is 0.599. The molecule has 134 valence electrons. The van der Waals surface area contributed by atoms with Crippen LogP contribution >= 0.6 is 0 Å². The van der Waals surface area contributed by atoms with Crippen molar-refractivity contribution in [3.63, 3.8) is 0 Å². The number of hydrogen-bond acceptors (Lipinski definition) is 4. The van der Waals surface area contributed by atoms with E-state index in [0.29, 0.717) is 6.42 Å². The fourth-order valence-electron chi connectivity index (χ4n) is 2.22. The van der Waals surface area contributed by atoms with Crippen LogP contribution < -0.4 is 11.1 Å². The van der Waals surface area contributed by atoms with Crippen molar-refractivity contribution in [1.82, 2.24) is 5.32 Å². The Morgan fingerprint density at radius 2 is 1.52 bits per heavy atom. The third-order valence-electron chi connectivity index (χ3n) is 4.61. The van der Waals surface area contributed by atoms with Gasteiger partial charge < -0.3 is 16.2 Å². The minimum Gasteiger partial charge on any atom is -0.480 e. The Bertz CT molecular complexity index is 460. The monoisotopic (exact) mass is 328 g/mol. The molecule has 0 bridgehead atoms. The molecule has 0 fully saturated rings. The number of ketones is 1. The van der Waals surface area contributed by atoms with Gasteiger partial charge in [-0.05, 0) is 24.7 Å². The van der Waals surface area contributed by atoms with E-state index in [-0.39, 0.29) is 29.9 Å². The highest BCUT2D eigenvalue weighted by Gasteiger charge is 2.46. The maximum absolute atomic E-state index is 12.8. The molecule has 0 aliphatic rings. The van der Waals surface area contributed by atoms with Gasteiger partial charge in [0.1, 0.15) is 5.54 Å². The second-order valence-electron chi connectivity index (χ2n) is 7.60. The number of rotatable bonds is 9. The largest absolute Gasteiger partial charge is 0.480 e. The maximum atomic E-state index is 12.8. The number of hydrogen-bond donors (Lipinski definition) is 3. The summed E-state index contributed by atoms with van der Waals surface area (Å²) in [5.41, 5.74) is 3.18. The highest BCUT2D eigenvalue weighted by Crippen LogP contribution is 2.26. The van der Waals surface area contributed by atoms with Crippen molar-refractivity contribution < 1.29 is 19.5 Å². The van der Waals surface area contributed by atoms with Crippen LogP contribution in [0.5, 0.6) is 0 Å². The predicted octanol–water partition coefficient (Wildman–Crippen LogP) is 1.96. The van der Waals surface area contributed by atoms with Crippen LogP contribution in [0.3, 0.4) is 0 Å². The Labute approximate surface area is 139 Å². The van der Waals surface area contributed by atoms with Gasteiger partial charge >= 0.3 is 5.97 Å². The average Bonchev–Trinajstić information content (AvgIpc) is 2.36. The van der Waals surface area contributed by atoms with Crippen molar-refractivity contribution in [2.45, 2.75) is 72.4 Å². The lowest BCUT2D eigenvalue weighted by Crippen LogP contribution is -2.61. The summed E-state index contributed by atoms with van der Waals surface area (Å²) in [6.45, 7) is 12.5. The molecule has 0 aromatic rings. The summed E-state index contributed by atoms with van der Waals surface area (Å²) >= 11 is 0. The van der Waals surface area contributed by atoms with Gasteiger partial charge in [-0.15, -0.1) is 0 Å². The molecule has 0 radical (unpaired) electrons. The fourth-order valence-corrected chi connectivity index (χ4v) is 2.22. The molecule has 0 spiro atoms. The molecule has 0 aliphatic carbocycles. The van der Waals surface area contributed by atoms with Crippen LogP contribution in [0.1, 0.15) is 61.3 Å². The Balaban J connectivity index is 5.41. The number of nitrogens with two attached hydrogens (primary N) is 1. The first-order chi connectivity index (χ1) is 10.3. The van der Waals surface area contributed by atoms with Crippen molar-refractivity contribution in [1.29, 1.82) is 0 Å². The van der Waals surface area contributed by atoms with E-state index in [0.717, 1.165) is 0 Å². The van der Waals surface area contributed by atoms with Crippen LogP contribution in [0.25, 0.3) is 0 Å².